The Hall–Kier alpha value is -0.730. The minimum absolute atomic E-state index is 0.158. The number of aryl methyl sites for hydroxylation is 1. The molecule has 0 fully saturated rings. The standard InChI is InChI=1S/C15H14Cl3N/c1-9-2-3-12(17)8-13(9)15(19)7-10-6-11(16)4-5-14(10)18/h2-6,8,15H,7,19H2,1H3. The van der Waals surface area contributed by atoms with Crippen LogP contribution in [-0.4, -0.2) is 0 Å². The van der Waals surface area contributed by atoms with Gasteiger partial charge in [0, 0.05) is 21.1 Å². The molecule has 0 aliphatic carbocycles. The monoisotopic (exact) mass is 313 g/mol. The fourth-order valence-electron chi connectivity index (χ4n) is 2.06. The molecular formula is C15H14Cl3N. The molecule has 19 heavy (non-hydrogen) atoms. The number of nitrogens with two attached hydrogens (primary N) is 1. The lowest BCUT2D eigenvalue weighted by Crippen LogP contribution is -2.15. The zero-order chi connectivity index (χ0) is 14.0. The van der Waals surface area contributed by atoms with Gasteiger partial charge in [0.15, 0.2) is 0 Å². The summed E-state index contributed by atoms with van der Waals surface area (Å²) in [5.41, 5.74) is 9.35. The van der Waals surface area contributed by atoms with Crippen molar-refractivity contribution in [3.05, 3.63) is 68.2 Å². The predicted molar refractivity (Wildman–Crippen MR) is 83.3 cm³/mol. The van der Waals surface area contributed by atoms with E-state index in [4.69, 9.17) is 40.5 Å². The second kappa shape index (κ2) is 6.15. The average Bonchev–Trinajstić information content (AvgIpc) is 2.36. The van der Waals surface area contributed by atoms with Gasteiger partial charge in [0.2, 0.25) is 0 Å². The molecule has 0 saturated carbocycles. The Kier molecular flexibility index (Phi) is 4.75. The Morgan fingerprint density at radius 3 is 2.37 bits per heavy atom. The molecule has 1 nitrogen and oxygen atoms in total. The third-order valence-corrected chi connectivity index (χ3v) is 3.93. The Morgan fingerprint density at radius 2 is 1.63 bits per heavy atom. The van der Waals surface area contributed by atoms with Crippen molar-refractivity contribution in [2.75, 3.05) is 0 Å². The minimum atomic E-state index is -0.158. The van der Waals surface area contributed by atoms with E-state index in [-0.39, 0.29) is 6.04 Å². The van der Waals surface area contributed by atoms with Crippen molar-refractivity contribution in [2.24, 2.45) is 5.73 Å². The van der Waals surface area contributed by atoms with Gasteiger partial charge in [0.05, 0.1) is 0 Å². The summed E-state index contributed by atoms with van der Waals surface area (Å²) < 4.78 is 0. The highest BCUT2D eigenvalue weighted by atomic mass is 35.5. The van der Waals surface area contributed by atoms with Gasteiger partial charge in [-0.15, -0.1) is 0 Å². The second-order valence-electron chi connectivity index (χ2n) is 4.55. The van der Waals surface area contributed by atoms with Crippen molar-refractivity contribution < 1.29 is 0 Å². The maximum Gasteiger partial charge on any atom is 0.0439 e. The summed E-state index contributed by atoms with van der Waals surface area (Å²) in [6.07, 6.45) is 0.626. The van der Waals surface area contributed by atoms with Gasteiger partial charge < -0.3 is 5.73 Å². The van der Waals surface area contributed by atoms with Gasteiger partial charge in [0.25, 0.3) is 0 Å². The zero-order valence-electron chi connectivity index (χ0n) is 10.5. The van der Waals surface area contributed by atoms with E-state index in [0.717, 1.165) is 16.7 Å². The Balaban J connectivity index is 2.27. The molecule has 2 rings (SSSR count). The summed E-state index contributed by atoms with van der Waals surface area (Å²) in [6, 6.07) is 11.0. The lowest BCUT2D eigenvalue weighted by molar-refractivity contribution is 0.717. The molecule has 2 aromatic rings. The first-order valence-corrected chi connectivity index (χ1v) is 7.06. The second-order valence-corrected chi connectivity index (χ2v) is 5.83. The van der Waals surface area contributed by atoms with Crippen LogP contribution in [0, 0.1) is 6.92 Å². The molecule has 4 heteroatoms. The summed E-state index contributed by atoms with van der Waals surface area (Å²) in [4.78, 5) is 0. The molecule has 0 radical (unpaired) electrons. The summed E-state index contributed by atoms with van der Waals surface area (Å²) in [5, 5.41) is 2.03. The predicted octanol–water partition coefficient (Wildman–Crippen LogP) is 5.20. The first-order chi connectivity index (χ1) is 8.97. The summed E-state index contributed by atoms with van der Waals surface area (Å²) in [7, 11) is 0. The van der Waals surface area contributed by atoms with Gasteiger partial charge in [-0.1, -0.05) is 40.9 Å². The highest BCUT2D eigenvalue weighted by Crippen LogP contribution is 2.27. The number of halogens is 3. The van der Waals surface area contributed by atoms with Crippen LogP contribution in [-0.2, 0) is 6.42 Å². The van der Waals surface area contributed by atoms with E-state index in [2.05, 4.69) is 0 Å². The quantitative estimate of drug-likeness (QED) is 0.828. The van der Waals surface area contributed by atoms with E-state index in [1.165, 1.54) is 0 Å². The molecule has 0 amide bonds. The molecule has 2 N–H and O–H groups in total. The van der Waals surface area contributed by atoms with E-state index >= 15 is 0 Å². The van der Waals surface area contributed by atoms with Crippen molar-refractivity contribution >= 4 is 34.8 Å². The van der Waals surface area contributed by atoms with Crippen LogP contribution in [0.5, 0.6) is 0 Å². The van der Waals surface area contributed by atoms with E-state index in [9.17, 15) is 0 Å². The minimum Gasteiger partial charge on any atom is -0.324 e. The zero-order valence-corrected chi connectivity index (χ0v) is 12.7. The molecule has 0 bridgehead atoms. The van der Waals surface area contributed by atoms with Crippen molar-refractivity contribution in [1.29, 1.82) is 0 Å². The Bertz CT molecular complexity index is 596. The molecule has 1 unspecified atom stereocenters. The summed E-state index contributed by atoms with van der Waals surface area (Å²) in [5.74, 6) is 0. The fraction of sp³-hybridized carbons (Fsp3) is 0.200. The fourth-order valence-corrected chi connectivity index (χ4v) is 2.63. The first kappa shape index (κ1) is 14.7. The third kappa shape index (κ3) is 3.64. The molecule has 0 aliphatic rings. The maximum atomic E-state index is 6.26. The van der Waals surface area contributed by atoms with Gasteiger partial charge in [-0.3, -0.25) is 0 Å². The van der Waals surface area contributed by atoms with Crippen molar-refractivity contribution in [3.63, 3.8) is 0 Å². The highest BCUT2D eigenvalue weighted by Gasteiger charge is 2.12. The topological polar surface area (TPSA) is 26.0 Å². The molecule has 100 valence electrons. The van der Waals surface area contributed by atoms with Gasteiger partial charge >= 0.3 is 0 Å². The largest absolute Gasteiger partial charge is 0.324 e. The number of hydrogen-bond donors (Lipinski definition) is 1. The van der Waals surface area contributed by atoms with E-state index in [1.807, 2.05) is 31.2 Å². The molecule has 0 spiro atoms. The average molecular weight is 315 g/mol. The summed E-state index contributed by atoms with van der Waals surface area (Å²) >= 11 is 18.2. The van der Waals surface area contributed by atoms with Crippen LogP contribution in [0.15, 0.2) is 36.4 Å². The summed E-state index contributed by atoms with van der Waals surface area (Å²) in [6.45, 7) is 2.02. The number of rotatable bonds is 3. The maximum absolute atomic E-state index is 6.26. The normalized spacial score (nSPS) is 12.5. The Labute approximate surface area is 128 Å². The van der Waals surface area contributed by atoms with Crippen LogP contribution in [0.3, 0.4) is 0 Å². The van der Waals surface area contributed by atoms with Crippen LogP contribution in [0.4, 0.5) is 0 Å². The van der Waals surface area contributed by atoms with E-state index in [1.54, 1.807) is 12.1 Å². The smallest absolute Gasteiger partial charge is 0.0439 e. The van der Waals surface area contributed by atoms with E-state index in [0.29, 0.717) is 21.5 Å². The Morgan fingerprint density at radius 1 is 1.00 bits per heavy atom. The molecule has 0 heterocycles. The molecule has 0 aromatic heterocycles. The third-order valence-electron chi connectivity index (χ3n) is 3.09. The molecule has 2 aromatic carbocycles. The molecular weight excluding hydrogens is 301 g/mol. The number of hydrogen-bond acceptors (Lipinski definition) is 1. The van der Waals surface area contributed by atoms with Crippen LogP contribution in [0.2, 0.25) is 15.1 Å². The van der Waals surface area contributed by atoms with Gasteiger partial charge in [-0.25, -0.2) is 0 Å². The van der Waals surface area contributed by atoms with Crippen LogP contribution >= 0.6 is 34.8 Å². The molecule has 0 aliphatic heterocycles. The molecule has 1 atom stereocenters. The SMILES string of the molecule is Cc1ccc(Cl)cc1C(N)Cc1cc(Cl)ccc1Cl. The first-order valence-electron chi connectivity index (χ1n) is 5.93. The van der Waals surface area contributed by atoms with Crippen LogP contribution in [0.1, 0.15) is 22.7 Å². The lowest BCUT2D eigenvalue weighted by atomic mass is 9.96. The van der Waals surface area contributed by atoms with Gasteiger partial charge in [-0.2, -0.15) is 0 Å². The molecule has 0 saturated heterocycles. The van der Waals surface area contributed by atoms with Crippen molar-refractivity contribution in [3.8, 4) is 0 Å². The van der Waals surface area contributed by atoms with E-state index < -0.39 is 0 Å². The van der Waals surface area contributed by atoms with Crippen LogP contribution in [0.25, 0.3) is 0 Å². The highest BCUT2D eigenvalue weighted by molar-refractivity contribution is 6.33. The van der Waals surface area contributed by atoms with Gasteiger partial charge in [-0.05, 0) is 60.4 Å². The van der Waals surface area contributed by atoms with Crippen molar-refractivity contribution in [1.82, 2.24) is 0 Å². The lowest BCUT2D eigenvalue weighted by Gasteiger charge is -2.16. The van der Waals surface area contributed by atoms with Crippen LogP contribution < -0.4 is 5.73 Å². The van der Waals surface area contributed by atoms with Crippen molar-refractivity contribution in [2.45, 2.75) is 19.4 Å². The van der Waals surface area contributed by atoms with Gasteiger partial charge in [0.1, 0.15) is 0 Å². The number of benzene rings is 2.